The number of aromatic nitrogens is 1. The summed E-state index contributed by atoms with van der Waals surface area (Å²) in [6.45, 7) is 2.32. The number of carbonyl (C=O) groups is 1. The van der Waals surface area contributed by atoms with Gasteiger partial charge in [0.15, 0.2) is 5.13 Å². The van der Waals surface area contributed by atoms with Gasteiger partial charge in [0.05, 0.1) is 12.2 Å². The van der Waals surface area contributed by atoms with Gasteiger partial charge in [-0.15, -0.1) is 11.3 Å². The van der Waals surface area contributed by atoms with Crippen LogP contribution in [0.2, 0.25) is 0 Å². The number of hydrogen-bond acceptors (Lipinski definition) is 4. The summed E-state index contributed by atoms with van der Waals surface area (Å²) < 4.78 is 0. The third-order valence-electron chi connectivity index (χ3n) is 1.80. The Hall–Kier alpha value is -1.10. The largest absolute Gasteiger partial charge is 0.347 e. The van der Waals surface area contributed by atoms with Gasteiger partial charge in [-0.1, -0.05) is 0 Å². The molecule has 0 atom stereocenters. The van der Waals surface area contributed by atoms with Crippen molar-refractivity contribution in [2.75, 3.05) is 32.6 Å². The van der Waals surface area contributed by atoms with Crippen molar-refractivity contribution in [3.05, 3.63) is 11.1 Å². The molecule has 1 aromatic heterocycles. The number of anilines is 1. The summed E-state index contributed by atoms with van der Waals surface area (Å²) in [5, 5.41) is 2.86. The van der Waals surface area contributed by atoms with E-state index in [1.54, 1.807) is 30.3 Å². The van der Waals surface area contributed by atoms with Gasteiger partial charge in [0, 0.05) is 26.5 Å². The van der Waals surface area contributed by atoms with Gasteiger partial charge < -0.3 is 9.80 Å². The lowest BCUT2D eigenvalue weighted by Crippen LogP contribution is -2.34. The first-order chi connectivity index (χ1) is 6.50. The fraction of sp³-hybridized carbons (Fsp3) is 0.556. The number of carbonyl (C=O) groups excluding carboxylic acids is 1. The number of thiazole rings is 1. The smallest absolute Gasteiger partial charge is 0.241 e. The monoisotopic (exact) mass is 213 g/mol. The highest BCUT2D eigenvalue weighted by Crippen LogP contribution is 2.18. The van der Waals surface area contributed by atoms with Crippen molar-refractivity contribution in [1.82, 2.24) is 9.88 Å². The Morgan fingerprint density at radius 3 is 2.57 bits per heavy atom. The van der Waals surface area contributed by atoms with Crippen LogP contribution in [0.4, 0.5) is 5.13 Å². The fourth-order valence-corrected chi connectivity index (χ4v) is 1.70. The van der Waals surface area contributed by atoms with E-state index in [4.69, 9.17) is 0 Å². The van der Waals surface area contributed by atoms with E-state index in [0.717, 1.165) is 10.8 Å². The van der Waals surface area contributed by atoms with Crippen molar-refractivity contribution in [3.63, 3.8) is 0 Å². The molecule has 0 saturated heterocycles. The molecule has 4 nitrogen and oxygen atoms in total. The molecule has 5 heteroatoms. The predicted molar refractivity (Wildman–Crippen MR) is 58.8 cm³/mol. The van der Waals surface area contributed by atoms with Crippen molar-refractivity contribution < 1.29 is 4.79 Å². The van der Waals surface area contributed by atoms with E-state index in [-0.39, 0.29) is 5.91 Å². The summed E-state index contributed by atoms with van der Waals surface area (Å²) >= 11 is 1.56. The molecule has 0 bridgehead atoms. The lowest BCUT2D eigenvalue weighted by Gasteiger charge is -2.17. The molecule has 0 fully saturated rings. The topological polar surface area (TPSA) is 36.4 Å². The lowest BCUT2D eigenvalue weighted by atomic mass is 10.5. The second kappa shape index (κ2) is 4.41. The Balaban J connectivity index is 2.59. The van der Waals surface area contributed by atoms with Crippen LogP contribution in [0.5, 0.6) is 0 Å². The number of amides is 1. The van der Waals surface area contributed by atoms with Crippen LogP contribution in [0.3, 0.4) is 0 Å². The van der Waals surface area contributed by atoms with Crippen LogP contribution >= 0.6 is 11.3 Å². The molecule has 1 rings (SSSR count). The number of hydrogen-bond donors (Lipinski definition) is 0. The van der Waals surface area contributed by atoms with E-state index >= 15 is 0 Å². The van der Waals surface area contributed by atoms with E-state index in [1.165, 1.54) is 0 Å². The number of likely N-dealkylation sites (N-methyl/N-ethyl adjacent to an activating group) is 2. The van der Waals surface area contributed by atoms with Crippen LogP contribution in [0.15, 0.2) is 5.38 Å². The van der Waals surface area contributed by atoms with Gasteiger partial charge in [0.2, 0.25) is 5.91 Å². The molecular formula is C9H15N3OS. The molecule has 1 heterocycles. The zero-order chi connectivity index (χ0) is 10.7. The van der Waals surface area contributed by atoms with Gasteiger partial charge in [0.25, 0.3) is 0 Å². The first-order valence-electron chi connectivity index (χ1n) is 4.34. The van der Waals surface area contributed by atoms with Gasteiger partial charge >= 0.3 is 0 Å². The molecule has 14 heavy (non-hydrogen) atoms. The van der Waals surface area contributed by atoms with Crippen LogP contribution in [0, 0.1) is 6.92 Å². The second-order valence-corrected chi connectivity index (χ2v) is 4.25. The molecule has 0 aliphatic rings. The van der Waals surface area contributed by atoms with Crippen molar-refractivity contribution in [1.29, 1.82) is 0 Å². The third kappa shape index (κ3) is 2.70. The summed E-state index contributed by atoms with van der Waals surface area (Å²) in [7, 11) is 5.38. The predicted octanol–water partition coefficient (Wildman–Crippen LogP) is 0.976. The maximum absolute atomic E-state index is 11.4. The minimum atomic E-state index is 0.0837. The molecule has 0 saturated carbocycles. The maximum Gasteiger partial charge on any atom is 0.241 e. The van der Waals surface area contributed by atoms with Crippen LogP contribution in [0.1, 0.15) is 5.69 Å². The van der Waals surface area contributed by atoms with Gasteiger partial charge in [-0.2, -0.15) is 0 Å². The second-order valence-electron chi connectivity index (χ2n) is 3.42. The zero-order valence-electron chi connectivity index (χ0n) is 8.94. The normalized spacial score (nSPS) is 10.0. The Morgan fingerprint density at radius 2 is 2.14 bits per heavy atom. The third-order valence-corrected chi connectivity index (χ3v) is 2.88. The van der Waals surface area contributed by atoms with E-state index in [0.29, 0.717) is 6.54 Å². The minimum absolute atomic E-state index is 0.0837. The summed E-state index contributed by atoms with van der Waals surface area (Å²) in [5.74, 6) is 0.0837. The first-order valence-corrected chi connectivity index (χ1v) is 5.22. The lowest BCUT2D eigenvalue weighted by molar-refractivity contribution is -0.127. The molecule has 1 aromatic rings. The maximum atomic E-state index is 11.4. The molecule has 0 aromatic carbocycles. The molecular weight excluding hydrogens is 198 g/mol. The van der Waals surface area contributed by atoms with Crippen LogP contribution in [-0.4, -0.2) is 43.5 Å². The van der Waals surface area contributed by atoms with Crippen molar-refractivity contribution in [3.8, 4) is 0 Å². The number of nitrogens with zero attached hydrogens (tertiary/aromatic N) is 3. The summed E-state index contributed by atoms with van der Waals surface area (Å²) in [5.41, 5.74) is 0.995. The van der Waals surface area contributed by atoms with Gasteiger partial charge in [0.1, 0.15) is 0 Å². The van der Waals surface area contributed by atoms with Crippen LogP contribution < -0.4 is 4.90 Å². The molecule has 0 spiro atoms. The first kappa shape index (κ1) is 11.0. The fourth-order valence-electron chi connectivity index (χ4n) is 0.929. The average Bonchev–Trinajstić information content (AvgIpc) is 2.51. The Kier molecular flexibility index (Phi) is 3.46. The standard InChI is InChI=1S/C9H15N3OS/c1-7-6-14-9(10-7)12(4)5-8(13)11(2)3/h6H,5H2,1-4H3. The molecule has 0 aliphatic carbocycles. The van der Waals surface area contributed by atoms with Crippen molar-refractivity contribution in [2.24, 2.45) is 0 Å². The Bertz CT molecular complexity index is 322. The van der Waals surface area contributed by atoms with Crippen molar-refractivity contribution >= 4 is 22.4 Å². The highest BCUT2D eigenvalue weighted by Gasteiger charge is 2.11. The van der Waals surface area contributed by atoms with E-state index in [2.05, 4.69) is 4.98 Å². The SMILES string of the molecule is Cc1csc(N(C)CC(=O)N(C)C)n1. The van der Waals surface area contributed by atoms with E-state index in [1.807, 2.05) is 24.3 Å². The Morgan fingerprint density at radius 1 is 1.50 bits per heavy atom. The zero-order valence-corrected chi connectivity index (χ0v) is 9.76. The van der Waals surface area contributed by atoms with Gasteiger partial charge in [-0.05, 0) is 6.92 Å². The van der Waals surface area contributed by atoms with E-state index in [9.17, 15) is 4.79 Å². The quantitative estimate of drug-likeness (QED) is 0.751. The molecule has 1 amide bonds. The highest BCUT2D eigenvalue weighted by molar-refractivity contribution is 7.13. The van der Waals surface area contributed by atoms with E-state index < -0.39 is 0 Å². The van der Waals surface area contributed by atoms with Crippen LogP contribution in [-0.2, 0) is 4.79 Å². The van der Waals surface area contributed by atoms with Gasteiger partial charge in [-0.3, -0.25) is 4.79 Å². The van der Waals surface area contributed by atoms with Crippen LogP contribution in [0.25, 0.3) is 0 Å². The van der Waals surface area contributed by atoms with Crippen molar-refractivity contribution in [2.45, 2.75) is 6.92 Å². The van der Waals surface area contributed by atoms with Gasteiger partial charge in [-0.25, -0.2) is 4.98 Å². The summed E-state index contributed by atoms with van der Waals surface area (Å²) in [4.78, 5) is 19.1. The molecule has 78 valence electrons. The number of rotatable bonds is 3. The molecule has 0 radical (unpaired) electrons. The minimum Gasteiger partial charge on any atom is -0.347 e. The Labute approximate surface area is 88.2 Å². The summed E-state index contributed by atoms with van der Waals surface area (Å²) in [6.07, 6.45) is 0. The average molecular weight is 213 g/mol. The summed E-state index contributed by atoms with van der Waals surface area (Å²) in [6, 6.07) is 0. The molecule has 0 N–H and O–H groups in total. The highest BCUT2D eigenvalue weighted by atomic mass is 32.1. The number of aryl methyl sites for hydroxylation is 1. The molecule has 0 unspecified atom stereocenters. The molecule has 0 aliphatic heterocycles.